The van der Waals surface area contributed by atoms with Crippen LogP contribution in [0, 0.1) is 0 Å². The van der Waals surface area contributed by atoms with Gasteiger partial charge in [-0.05, 0) is 32.4 Å². The standard InChI is InChI=1S/C15H25N3O2/c1-5-9-16-14-8-6-7-13(17-14)15(19)18(12(2)3)10-11-20-4/h6-8,12H,5,9-11H2,1-4H3,(H,16,17). The Morgan fingerprint density at radius 1 is 1.45 bits per heavy atom. The van der Waals surface area contributed by atoms with Crippen LogP contribution in [0.25, 0.3) is 0 Å². The van der Waals surface area contributed by atoms with Gasteiger partial charge in [0.2, 0.25) is 0 Å². The summed E-state index contributed by atoms with van der Waals surface area (Å²) in [6.07, 6.45) is 1.02. The van der Waals surface area contributed by atoms with Crippen molar-refractivity contribution in [3.8, 4) is 0 Å². The Morgan fingerprint density at radius 3 is 2.80 bits per heavy atom. The van der Waals surface area contributed by atoms with Crippen LogP contribution < -0.4 is 5.32 Å². The topological polar surface area (TPSA) is 54.5 Å². The summed E-state index contributed by atoms with van der Waals surface area (Å²) in [5.41, 5.74) is 0.468. The molecule has 5 nitrogen and oxygen atoms in total. The highest BCUT2D eigenvalue weighted by molar-refractivity contribution is 5.92. The molecule has 1 rings (SSSR count). The van der Waals surface area contributed by atoms with E-state index in [0.29, 0.717) is 18.8 Å². The van der Waals surface area contributed by atoms with Gasteiger partial charge in [-0.15, -0.1) is 0 Å². The van der Waals surface area contributed by atoms with Crippen LogP contribution >= 0.6 is 0 Å². The number of anilines is 1. The molecule has 1 N–H and O–H groups in total. The minimum atomic E-state index is -0.0581. The third-order valence-corrected chi connectivity index (χ3v) is 2.94. The van der Waals surface area contributed by atoms with Crippen molar-refractivity contribution in [1.29, 1.82) is 0 Å². The number of aromatic nitrogens is 1. The number of hydrogen-bond acceptors (Lipinski definition) is 4. The van der Waals surface area contributed by atoms with Crippen molar-refractivity contribution >= 4 is 11.7 Å². The fourth-order valence-electron chi connectivity index (χ4n) is 1.84. The second-order valence-electron chi connectivity index (χ2n) is 4.92. The van der Waals surface area contributed by atoms with Gasteiger partial charge in [0, 0.05) is 26.2 Å². The van der Waals surface area contributed by atoms with Crippen LogP contribution in [-0.2, 0) is 4.74 Å². The van der Waals surface area contributed by atoms with E-state index >= 15 is 0 Å². The number of nitrogens with one attached hydrogen (secondary N) is 1. The molecule has 0 bridgehead atoms. The molecule has 5 heteroatoms. The quantitative estimate of drug-likeness (QED) is 0.794. The van der Waals surface area contributed by atoms with Gasteiger partial charge >= 0.3 is 0 Å². The summed E-state index contributed by atoms with van der Waals surface area (Å²) in [6.45, 7) is 8.02. The summed E-state index contributed by atoms with van der Waals surface area (Å²) in [5.74, 6) is 0.686. The van der Waals surface area contributed by atoms with Gasteiger partial charge < -0.3 is 15.0 Å². The van der Waals surface area contributed by atoms with Gasteiger partial charge in [-0.25, -0.2) is 4.98 Å². The van der Waals surface area contributed by atoms with Gasteiger partial charge in [0.15, 0.2) is 0 Å². The molecule has 0 atom stereocenters. The maximum atomic E-state index is 12.5. The van der Waals surface area contributed by atoms with Gasteiger partial charge in [0.25, 0.3) is 5.91 Å². The molecule has 0 aliphatic heterocycles. The molecule has 0 saturated heterocycles. The van der Waals surface area contributed by atoms with Gasteiger partial charge in [0.1, 0.15) is 11.5 Å². The smallest absolute Gasteiger partial charge is 0.272 e. The average molecular weight is 279 g/mol. The fraction of sp³-hybridized carbons (Fsp3) is 0.600. The molecule has 0 aliphatic carbocycles. The monoisotopic (exact) mass is 279 g/mol. The molecule has 0 fully saturated rings. The summed E-state index contributed by atoms with van der Waals surface area (Å²) in [4.78, 5) is 18.6. The molecular formula is C15H25N3O2. The molecule has 1 aromatic heterocycles. The Kier molecular flexibility index (Phi) is 7.01. The molecule has 0 aliphatic rings. The first-order valence-corrected chi connectivity index (χ1v) is 7.11. The number of carbonyl (C=O) groups is 1. The molecule has 1 aromatic rings. The predicted octanol–water partition coefficient (Wildman–Crippen LogP) is 2.40. The third-order valence-electron chi connectivity index (χ3n) is 2.94. The second kappa shape index (κ2) is 8.53. The highest BCUT2D eigenvalue weighted by Crippen LogP contribution is 2.10. The first kappa shape index (κ1) is 16.4. The molecule has 0 aromatic carbocycles. The number of methoxy groups -OCH3 is 1. The zero-order chi connectivity index (χ0) is 15.0. The zero-order valence-corrected chi connectivity index (χ0v) is 12.8. The molecule has 112 valence electrons. The first-order valence-electron chi connectivity index (χ1n) is 7.11. The first-order chi connectivity index (χ1) is 9.60. The largest absolute Gasteiger partial charge is 0.383 e. The van der Waals surface area contributed by atoms with Gasteiger partial charge in [-0.3, -0.25) is 4.79 Å². The van der Waals surface area contributed by atoms with E-state index in [0.717, 1.165) is 18.8 Å². The van der Waals surface area contributed by atoms with Crippen LogP contribution in [0.2, 0.25) is 0 Å². The predicted molar refractivity (Wildman–Crippen MR) is 81.1 cm³/mol. The number of pyridine rings is 1. The highest BCUT2D eigenvalue weighted by Gasteiger charge is 2.19. The van der Waals surface area contributed by atoms with Crippen LogP contribution in [-0.4, -0.2) is 48.6 Å². The van der Waals surface area contributed by atoms with E-state index in [1.165, 1.54) is 0 Å². The second-order valence-corrected chi connectivity index (χ2v) is 4.92. The van der Waals surface area contributed by atoms with E-state index in [1.54, 1.807) is 18.1 Å². The number of ether oxygens (including phenoxy) is 1. The van der Waals surface area contributed by atoms with E-state index in [-0.39, 0.29) is 11.9 Å². The van der Waals surface area contributed by atoms with Crippen LogP contribution in [0.3, 0.4) is 0 Å². The molecule has 0 unspecified atom stereocenters. The maximum Gasteiger partial charge on any atom is 0.272 e. The molecule has 20 heavy (non-hydrogen) atoms. The van der Waals surface area contributed by atoms with Crippen LogP contribution in [0.1, 0.15) is 37.7 Å². The van der Waals surface area contributed by atoms with Crippen LogP contribution in [0.5, 0.6) is 0 Å². The van der Waals surface area contributed by atoms with E-state index < -0.39 is 0 Å². The molecule has 1 amide bonds. The summed E-state index contributed by atoms with van der Waals surface area (Å²) in [6, 6.07) is 5.60. The van der Waals surface area contributed by atoms with Crippen molar-refractivity contribution in [3.63, 3.8) is 0 Å². The normalized spacial score (nSPS) is 10.7. The SMILES string of the molecule is CCCNc1cccc(C(=O)N(CCOC)C(C)C)n1. The van der Waals surface area contributed by atoms with E-state index in [2.05, 4.69) is 17.2 Å². The average Bonchev–Trinajstić information content (AvgIpc) is 2.45. The number of rotatable bonds is 8. The number of carbonyl (C=O) groups excluding carboxylic acids is 1. The highest BCUT2D eigenvalue weighted by atomic mass is 16.5. The summed E-state index contributed by atoms with van der Waals surface area (Å²) < 4.78 is 5.06. The lowest BCUT2D eigenvalue weighted by Gasteiger charge is -2.26. The fourth-order valence-corrected chi connectivity index (χ4v) is 1.84. The third kappa shape index (κ3) is 4.81. The van der Waals surface area contributed by atoms with Crippen molar-refractivity contribution < 1.29 is 9.53 Å². The Balaban J connectivity index is 2.82. The van der Waals surface area contributed by atoms with Crippen molar-refractivity contribution in [1.82, 2.24) is 9.88 Å². The molecule has 0 saturated carbocycles. The van der Waals surface area contributed by atoms with Crippen molar-refractivity contribution in [2.75, 3.05) is 32.1 Å². The molecular weight excluding hydrogens is 254 g/mol. The summed E-state index contributed by atoms with van der Waals surface area (Å²) in [7, 11) is 1.64. The Labute approximate surface area is 121 Å². The number of amides is 1. The summed E-state index contributed by atoms with van der Waals surface area (Å²) >= 11 is 0. The molecule has 0 spiro atoms. The lowest BCUT2D eigenvalue weighted by atomic mass is 10.2. The Morgan fingerprint density at radius 2 is 2.20 bits per heavy atom. The lowest BCUT2D eigenvalue weighted by molar-refractivity contribution is 0.0629. The van der Waals surface area contributed by atoms with Gasteiger partial charge in [-0.2, -0.15) is 0 Å². The molecule has 0 radical (unpaired) electrons. The minimum Gasteiger partial charge on any atom is -0.383 e. The van der Waals surface area contributed by atoms with Crippen molar-refractivity contribution in [2.45, 2.75) is 33.2 Å². The maximum absolute atomic E-state index is 12.5. The van der Waals surface area contributed by atoms with Crippen molar-refractivity contribution in [3.05, 3.63) is 23.9 Å². The number of nitrogens with zero attached hydrogens (tertiary/aromatic N) is 2. The van der Waals surface area contributed by atoms with E-state index in [1.807, 2.05) is 26.0 Å². The summed E-state index contributed by atoms with van der Waals surface area (Å²) in [5, 5.41) is 3.19. The van der Waals surface area contributed by atoms with Crippen LogP contribution in [0.15, 0.2) is 18.2 Å². The number of hydrogen-bond donors (Lipinski definition) is 1. The Hall–Kier alpha value is -1.62. The van der Waals surface area contributed by atoms with Gasteiger partial charge in [-0.1, -0.05) is 13.0 Å². The minimum absolute atomic E-state index is 0.0581. The van der Waals surface area contributed by atoms with Gasteiger partial charge in [0.05, 0.1) is 6.61 Å². The van der Waals surface area contributed by atoms with Crippen LogP contribution in [0.4, 0.5) is 5.82 Å². The van der Waals surface area contributed by atoms with E-state index in [9.17, 15) is 4.79 Å². The van der Waals surface area contributed by atoms with Crippen molar-refractivity contribution in [2.24, 2.45) is 0 Å². The zero-order valence-electron chi connectivity index (χ0n) is 12.8. The lowest BCUT2D eigenvalue weighted by Crippen LogP contribution is -2.39. The molecule has 1 heterocycles. The van der Waals surface area contributed by atoms with E-state index in [4.69, 9.17) is 4.74 Å². The Bertz CT molecular complexity index is 421.